The third-order valence-electron chi connectivity index (χ3n) is 4.84. The Morgan fingerprint density at radius 1 is 0.968 bits per heavy atom. The van der Waals surface area contributed by atoms with Crippen molar-refractivity contribution in [3.05, 3.63) is 100 Å². The van der Waals surface area contributed by atoms with Crippen molar-refractivity contribution >= 4 is 28.6 Å². The van der Waals surface area contributed by atoms with E-state index in [-0.39, 0.29) is 18.0 Å². The lowest BCUT2D eigenvalue weighted by molar-refractivity contribution is 0.0526. The second kappa shape index (κ2) is 8.67. The molecule has 0 saturated carbocycles. The summed E-state index contributed by atoms with van der Waals surface area (Å²) in [5, 5.41) is 12.1. The van der Waals surface area contributed by atoms with Crippen LogP contribution in [0.5, 0.6) is 5.88 Å². The number of carbonyl (C=O) groups excluding carboxylic acids is 1. The SMILES string of the molecule is CCOC(=O)c1ccc(-n2c(O)c(C=Nc3ccccc3)c3ccccc3c2=O)cc1. The highest BCUT2D eigenvalue weighted by Gasteiger charge is 2.17. The minimum Gasteiger partial charge on any atom is -0.494 e. The third-order valence-corrected chi connectivity index (χ3v) is 4.84. The number of carbonyl (C=O) groups is 1. The predicted molar refractivity (Wildman–Crippen MR) is 121 cm³/mol. The number of rotatable bonds is 5. The van der Waals surface area contributed by atoms with Gasteiger partial charge >= 0.3 is 5.97 Å². The highest BCUT2D eigenvalue weighted by molar-refractivity contribution is 6.02. The van der Waals surface area contributed by atoms with Crippen LogP contribution < -0.4 is 5.56 Å². The van der Waals surface area contributed by atoms with Gasteiger partial charge in [0.05, 0.1) is 29.1 Å². The molecular formula is C25H20N2O4. The molecule has 0 aliphatic rings. The molecule has 1 N–H and O–H groups in total. The first-order chi connectivity index (χ1) is 15.1. The van der Waals surface area contributed by atoms with E-state index in [1.807, 2.05) is 30.3 Å². The zero-order valence-electron chi connectivity index (χ0n) is 16.9. The Hall–Kier alpha value is -4.19. The number of hydrogen-bond acceptors (Lipinski definition) is 5. The van der Waals surface area contributed by atoms with Crippen LogP contribution in [-0.4, -0.2) is 28.5 Å². The molecular weight excluding hydrogens is 392 g/mol. The molecule has 3 aromatic carbocycles. The molecule has 0 saturated heterocycles. The molecule has 0 radical (unpaired) electrons. The molecule has 0 unspecified atom stereocenters. The second-order valence-corrected chi connectivity index (χ2v) is 6.78. The van der Waals surface area contributed by atoms with E-state index in [4.69, 9.17) is 4.74 Å². The van der Waals surface area contributed by atoms with E-state index >= 15 is 0 Å². The van der Waals surface area contributed by atoms with Gasteiger partial charge in [-0.25, -0.2) is 9.36 Å². The van der Waals surface area contributed by atoms with Gasteiger partial charge in [0.15, 0.2) is 0 Å². The van der Waals surface area contributed by atoms with Crippen LogP contribution in [0.3, 0.4) is 0 Å². The van der Waals surface area contributed by atoms with Crippen molar-refractivity contribution in [1.29, 1.82) is 0 Å². The summed E-state index contributed by atoms with van der Waals surface area (Å²) in [6.45, 7) is 2.01. The van der Waals surface area contributed by atoms with Crippen LogP contribution in [0.2, 0.25) is 0 Å². The Morgan fingerprint density at radius 2 is 1.61 bits per heavy atom. The van der Waals surface area contributed by atoms with Crippen LogP contribution in [-0.2, 0) is 4.74 Å². The molecule has 31 heavy (non-hydrogen) atoms. The zero-order valence-corrected chi connectivity index (χ0v) is 16.9. The van der Waals surface area contributed by atoms with Crippen LogP contribution in [0, 0.1) is 0 Å². The van der Waals surface area contributed by atoms with Crippen molar-refractivity contribution in [3.8, 4) is 11.6 Å². The van der Waals surface area contributed by atoms with E-state index in [1.165, 1.54) is 4.57 Å². The molecule has 0 aliphatic heterocycles. The fraction of sp³-hybridized carbons (Fsp3) is 0.0800. The van der Waals surface area contributed by atoms with Crippen molar-refractivity contribution in [2.24, 2.45) is 4.99 Å². The third kappa shape index (κ3) is 3.96. The van der Waals surface area contributed by atoms with Crippen molar-refractivity contribution in [3.63, 3.8) is 0 Å². The van der Waals surface area contributed by atoms with Crippen LogP contribution in [0.1, 0.15) is 22.8 Å². The number of para-hydroxylation sites is 1. The van der Waals surface area contributed by atoms with Crippen molar-refractivity contribution in [1.82, 2.24) is 4.57 Å². The van der Waals surface area contributed by atoms with E-state index in [2.05, 4.69) is 4.99 Å². The minimum atomic E-state index is -0.445. The number of fused-ring (bicyclic) bond motifs is 1. The van der Waals surface area contributed by atoms with E-state index in [9.17, 15) is 14.7 Å². The van der Waals surface area contributed by atoms with Gasteiger partial charge in [-0.1, -0.05) is 36.4 Å². The number of ether oxygens (including phenoxy) is 1. The minimum absolute atomic E-state index is 0.229. The smallest absolute Gasteiger partial charge is 0.338 e. The summed E-state index contributed by atoms with van der Waals surface area (Å²) in [6.07, 6.45) is 1.55. The van der Waals surface area contributed by atoms with Gasteiger partial charge in [-0.15, -0.1) is 0 Å². The molecule has 4 rings (SSSR count). The lowest BCUT2D eigenvalue weighted by atomic mass is 10.1. The van der Waals surface area contributed by atoms with Crippen LogP contribution in [0.25, 0.3) is 16.5 Å². The lowest BCUT2D eigenvalue weighted by Crippen LogP contribution is -2.20. The standard InChI is InChI=1S/C25H20N2O4/c1-2-31-25(30)17-12-14-19(15-13-17)27-23(28)21-11-7-6-10-20(21)22(24(27)29)16-26-18-8-4-3-5-9-18/h3-16,29H,2H2,1H3. The van der Waals surface area contributed by atoms with Gasteiger partial charge < -0.3 is 9.84 Å². The number of aromatic hydroxyl groups is 1. The van der Waals surface area contributed by atoms with Gasteiger partial charge in [0.25, 0.3) is 5.56 Å². The molecule has 0 amide bonds. The number of benzene rings is 3. The Labute approximate surface area is 178 Å². The fourth-order valence-electron chi connectivity index (χ4n) is 3.34. The lowest BCUT2D eigenvalue weighted by Gasteiger charge is -2.14. The number of aromatic nitrogens is 1. The Morgan fingerprint density at radius 3 is 2.29 bits per heavy atom. The Bertz CT molecular complexity index is 1320. The first-order valence-electron chi connectivity index (χ1n) is 9.83. The monoisotopic (exact) mass is 412 g/mol. The summed E-state index contributed by atoms with van der Waals surface area (Å²) in [6, 6.07) is 22.7. The molecule has 154 valence electrons. The number of hydrogen-bond donors (Lipinski definition) is 1. The van der Waals surface area contributed by atoms with E-state index < -0.39 is 5.97 Å². The normalized spacial score (nSPS) is 11.1. The van der Waals surface area contributed by atoms with Crippen molar-refractivity contribution in [2.75, 3.05) is 6.61 Å². The zero-order chi connectivity index (χ0) is 21.8. The Kier molecular flexibility index (Phi) is 5.62. The molecule has 0 fully saturated rings. The summed E-state index contributed by atoms with van der Waals surface area (Å²) in [4.78, 5) is 29.5. The van der Waals surface area contributed by atoms with Crippen molar-refractivity contribution < 1.29 is 14.6 Å². The largest absolute Gasteiger partial charge is 0.494 e. The molecule has 1 heterocycles. The van der Waals surface area contributed by atoms with Gasteiger partial charge in [0.1, 0.15) is 0 Å². The molecule has 0 spiro atoms. The van der Waals surface area contributed by atoms with Crippen LogP contribution in [0.15, 0.2) is 88.6 Å². The molecule has 0 aliphatic carbocycles. The molecule has 0 bridgehead atoms. The summed E-state index contributed by atoms with van der Waals surface area (Å²) >= 11 is 0. The summed E-state index contributed by atoms with van der Waals surface area (Å²) in [7, 11) is 0. The number of esters is 1. The second-order valence-electron chi connectivity index (χ2n) is 6.78. The average Bonchev–Trinajstić information content (AvgIpc) is 2.80. The maximum Gasteiger partial charge on any atom is 0.338 e. The first kappa shape index (κ1) is 20.1. The summed E-state index contributed by atoms with van der Waals surface area (Å²) < 4.78 is 6.21. The van der Waals surface area contributed by atoms with Gasteiger partial charge in [-0.2, -0.15) is 0 Å². The number of pyridine rings is 1. The first-order valence-corrected chi connectivity index (χ1v) is 9.83. The summed E-state index contributed by atoms with van der Waals surface area (Å²) in [5.41, 5.74) is 1.57. The van der Waals surface area contributed by atoms with Crippen LogP contribution in [0.4, 0.5) is 5.69 Å². The summed E-state index contributed by atoms with van der Waals surface area (Å²) in [5.74, 6) is -0.674. The topological polar surface area (TPSA) is 80.9 Å². The van der Waals surface area contributed by atoms with Crippen molar-refractivity contribution in [2.45, 2.75) is 6.92 Å². The van der Waals surface area contributed by atoms with E-state index in [0.717, 1.165) is 5.69 Å². The fourth-order valence-corrected chi connectivity index (χ4v) is 3.34. The Balaban J connectivity index is 1.87. The van der Waals surface area contributed by atoms with Gasteiger partial charge in [-0.3, -0.25) is 9.79 Å². The van der Waals surface area contributed by atoms with E-state index in [0.29, 0.717) is 27.6 Å². The number of nitrogens with zero attached hydrogens (tertiary/aromatic N) is 2. The molecule has 6 heteroatoms. The van der Waals surface area contributed by atoms with Gasteiger partial charge in [0.2, 0.25) is 5.88 Å². The maximum absolute atomic E-state index is 13.2. The number of aliphatic imine (C=N–C) groups is 1. The highest BCUT2D eigenvalue weighted by atomic mass is 16.5. The van der Waals surface area contributed by atoms with Gasteiger partial charge in [0, 0.05) is 17.0 Å². The molecule has 1 aromatic heterocycles. The van der Waals surface area contributed by atoms with Crippen LogP contribution >= 0.6 is 0 Å². The van der Waals surface area contributed by atoms with E-state index in [1.54, 1.807) is 61.7 Å². The predicted octanol–water partition coefficient (Wildman–Crippen LogP) is 4.62. The molecule has 4 aromatic rings. The molecule has 0 atom stereocenters. The highest BCUT2D eigenvalue weighted by Crippen LogP contribution is 2.26. The maximum atomic E-state index is 13.2. The molecule has 6 nitrogen and oxygen atoms in total. The van der Waals surface area contributed by atoms with Gasteiger partial charge in [-0.05, 0) is 49.4 Å². The quantitative estimate of drug-likeness (QED) is 0.383. The average molecular weight is 412 g/mol.